The molecule has 0 aromatic heterocycles. The maximum atomic E-state index is 11.0. The maximum absolute atomic E-state index is 11.0. The van der Waals surface area contributed by atoms with Gasteiger partial charge in [0.2, 0.25) is 5.91 Å². The summed E-state index contributed by atoms with van der Waals surface area (Å²) >= 11 is 1.68. The first kappa shape index (κ1) is 17.8. The first-order chi connectivity index (χ1) is 9.97. The molecule has 0 saturated heterocycles. The third-order valence-electron chi connectivity index (χ3n) is 2.98. The number of aryl methyl sites for hydroxylation is 2. The van der Waals surface area contributed by atoms with Crippen molar-refractivity contribution in [2.75, 3.05) is 41.0 Å². The van der Waals surface area contributed by atoms with Crippen LogP contribution in [0.1, 0.15) is 11.1 Å². The summed E-state index contributed by atoms with van der Waals surface area (Å²) in [5.41, 5.74) is 2.38. The Morgan fingerprint density at radius 2 is 1.95 bits per heavy atom. The number of likely N-dealkylation sites (N-methyl/N-ethyl adjacent to an activating group) is 2. The number of ether oxygens (including phenoxy) is 2. The zero-order valence-electron chi connectivity index (χ0n) is 13.4. The molecule has 0 saturated carbocycles. The molecule has 0 spiro atoms. The molecule has 0 aliphatic heterocycles. The minimum Gasteiger partial charge on any atom is -0.497 e. The van der Waals surface area contributed by atoms with E-state index in [0.717, 1.165) is 12.3 Å². The van der Waals surface area contributed by atoms with Crippen LogP contribution in [0.3, 0.4) is 0 Å². The lowest BCUT2D eigenvalue weighted by molar-refractivity contribution is -0.125. The molecule has 0 fully saturated rings. The van der Waals surface area contributed by atoms with Crippen LogP contribution in [-0.4, -0.2) is 51.2 Å². The van der Waals surface area contributed by atoms with E-state index < -0.39 is 0 Å². The molecule has 1 aromatic carbocycles. The van der Waals surface area contributed by atoms with Crippen LogP contribution in [0.2, 0.25) is 0 Å². The Morgan fingerprint density at radius 1 is 1.33 bits per heavy atom. The van der Waals surface area contributed by atoms with Gasteiger partial charge in [-0.1, -0.05) is 0 Å². The SMILES string of the molecule is CNC(=O)COCCN(C)Sc1c(C)cc(OC)cc1C. The highest BCUT2D eigenvalue weighted by Crippen LogP contribution is 2.31. The van der Waals surface area contributed by atoms with Crippen LogP contribution in [0.15, 0.2) is 17.0 Å². The molecule has 1 amide bonds. The second-order valence-corrected chi connectivity index (χ2v) is 5.97. The van der Waals surface area contributed by atoms with Crippen molar-refractivity contribution >= 4 is 17.9 Å². The first-order valence-corrected chi connectivity index (χ1v) is 7.58. The van der Waals surface area contributed by atoms with Crippen LogP contribution in [0.5, 0.6) is 5.75 Å². The van der Waals surface area contributed by atoms with Gasteiger partial charge < -0.3 is 14.8 Å². The van der Waals surface area contributed by atoms with Crippen molar-refractivity contribution in [1.29, 1.82) is 0 Å². The molecule has 0 heterocycles. The van der Waals surface area contributed by atoms with Gasteiger partial charge in [0.1, 0.15) is 12.4 Å². The first-order valence-electron chi connectivity index (χ1n) is 6.80. The summed E-state index contributed by atoms with van der Waals surface area (Å²) < 4.78 is 12.7. The number of methoxy groups -OCH3 is 1. The monoisotopic (exact) mass is 312 g/mol. The fourth-order valence-corrected chi connectivity index (χ4v) is 2.69. The number of hydrogen-bond acceptors (Lipinski definition) is 5. The highest BCUT2D eigenvalue weighted by molar-refractivity contribution is 7.97. The molecule has 0 aliphatic carbocycles. The number of carbonyl (C=O) groups is 1. The standard InChI is InChI=1S/C15H24N2O3S/c1-11-8-13(19-5)9-12(2)15(11)21-17(4)6-7-20-10-14(18)16-3/h8-9H,6-7,10H2,1-5H3,(H,16,18). The second-order valence-electron chi connectivity index (χ2n) is 4.76. The minimum atomic E-state index is -0.104. The van der Waals surface area contributed by atoms with Gasteiger partial charge in [0, 0.05) is 18.5 Å². The van der Waals surface area contributed by atoms with E-state index in [4.69, 9.17) is 9.47 Å². The lowest BCUT2D eigenvalue weighted by Crippen LogP contribution is -2.25. The van der Waals surface area contributed by atoms with E-state index in [2.05, 4.69) is 23.5 Å². The second kappa shape index (κ2) is 8.92. The normalized spacial score (nSPS) is 10.8. The van der Waals surface area contributed by atoms with Gasteiger partial charge in [-0.3, -0.25) is 4.79 Å². The van der Waals surface area contributed by atoms with E-state index >= 15 is 0 Å². The summed E-state index contributed by atoms with van der Waals surface area (Å²) in [7, 11) is 5.29. The van der Waals surface area contributed by atoms with Crippen molar-refractivity contribution in [3.63, 3.8) is 0 Å². The largest absolute Gasteiger partial charge is 0.497 e. The van der Waals surface area contributed by atoms with Gasteiger partial charge in [-0.05, 0) is 56.1 Å². The quantitative estimate of drug-likeness (QED) is 0.588. The minimum absolute atomic E-state index is 0.104. The smallest absolute Gasteiger partial charge is 0.245 e. The Labute approximate surface area is 131 Å². The topological polar surface area (TPSA) is 50.8 Å². The van der Waals surface area contributed by atoms with Gasteiger partial charge in [-0.15, -0.1) is 0 Å². The van der Waals surface area contributed by atoms with Crippen molar-refractivity contribution in [2.24, 2.45) is 0 Å². The Hall–Kier alpha value is -1.24. The zero-order valence-corrected chi connectivity index (χ0v) is 14.2. The lowest BCUT2D eigenvalue weighted by atomic mass is 10.1. The third kappa shape index (κ3) is 5.95. The van der Waals surface area contributed by atoms with Crippen molar-refractivity contribution in [2.45, 2.75) is 18.7 Å². The van der Waals surface area contributed by atoms with Crippen LogP contribution < -0.4 is 10.1 Å². The number of nitrogens with zero attached hydrogens (tertiary/aromatic N) is 1. The fraction of sp³-hybridized carbons (Fsp3) is 0.533. The number of benzene rings is 1. The number of rotatable bonds is 8. The molecule has 0 radical (unpaired) electrons. The number of nitrogens with one attached hydrogen (secondary N) is 1. The molecule has 5 nitrogen and oxygen atoms in total. The molecule has 6 heteroatoms. The van der Waals surface area contributed by atoms with Crippen molar-refractivity contribution < 1.29 is 14.3 Å². The summed E-state index contributed by atoms with van der Waals surface area (Å²) in [6.07, 6.45) is 0. The summed E-state index contributed by atoms with van der Waals surface area (Å²) in [4.78, 5) is 12.3. The average molecular weight is 312 g/mol. The van der Waals surface area contributed by atoms with Crippen LogP contribution in [0.4, 0.5) is 0 Å². The maximum Gasteiger partial charge on any atom is 0.245 e. The Morgan fingerprint density at radius 3 is 2.48 bits per heavy atom. The Balaban J connectivity index is 2.48. The molecule has 0 atom stereocenters. The number of carbonyl (C=O) groups excluding carboxylic acids is 1. The van der Waals surface area contributed by atoms with Gasteiger partial charge in [0.25, 0.3) is 0 Å². The highest BCUT2D eigenvalue weighted by atomic mass is 32.2. The predicted octanol–water partition coefficient (Wildman–Crippen LogP) is 2.01. The van der Waals surface area contributed by atoms with Crippen molar-refractivity contribution in [3.05, 3.63) is 23.3 Å². The van der Waals surface area contributed by atoms with Gasteiger partial charge in [0.05, 0.1) is 13.7 Å². The average Bonchev–Trinajstić information content (AvgIpc) is 2.46. The molecular formula is C15H24N2O3S. The van der Waals surface area contributed by atoms with Crippen LogP contribution >= 0.6 is 11.9 Å². The number of amides is 1. The molecule has 118 valence electrons. The van der Waals surface area contributed by atoms with Crippen molar-refractivity contribution in [3.8, 4) is 5.75 Å². The van der Waals surface area contributed by atoms with Gasteiger partial charge in [-0.2, -0.15) is 0 Å². The van der Waals surface area contributed by atoms with E-state index in [-0.39, 0.29) is 12.5 Å². The van der Waals surface area contributed by atoms with Gasteiger partial charge >= 0.3 is 0 Å². The van der Waals surface area contributed by atoms with Crippen molar-refractivity contribution in [1.82, 2.24) is 9.62 Å². The van der Waals surface area contributed by atoms with Gasteiger partial charge in [-0.25, -0.2) is 4.31 Å². The Bertz CT molecular complexity index is 457. The summed E-state index contributed by atoms with van der Waals surface area (Å²) in [6, 6.07) is 4.07. The molecule has 0 unspecified atom stereocenters. The van der Waals surface area contributed by atoms with Gasteiger partial charge in [0.15, 0.2) is 0 Å². The molecule has 1 aromatic rings. The highest BCUT2D eigenvalue weighted by Gasteiger charge is 2.10. The molecular weight excluding hydrogens is 288 g/mol. The lowest BCUT2D eigenvalue weighted by Gasteiger charge is -2.19. The molecule has 0 bridgehead atoms. The van der Waals surface area contributed by atoms with E-state index in [1.54, 1.807) is 26.1 Å². The van der Waals surface area contributed by atoms with E-state index in [1.165, 1.54) is 16.0 Å². The zero-order chi connectivity index (χ0) is 15.8. The Kier molecular flexibility index (Phi) is 7.56. The number of hydrogen-bond donors (Lipinski definition) is 1. The van der Waals surface area contributed by atoms with E-state index in [0.29, 0.717) is 6.61 Å². The summed E-state index contributed by atoms with van der Waals surface area (Å²) in [6.45, 7) is 5.52. The summed E-state index contributed by atoms with van der Waals surface area (Å²) in [5, 5.41) is 2.52. The fourth-order valence-electron chi connectivity index (χ4n) is 1.80. The molecule has 1 rings (SSSR count). The van der Waals surface area contributed by atoms with E-state index in [1.807, 2.05) is 19.2 Å². The molecule has 21 heavy (non-hydrogen) atoms. The molecule has 0 aliphatic rings. The third-order valence-corrected chi connectivity index (χ3v) is 4.30. The summed E-state index contributed by atoms with van der Waals surface area (Å²) in [5.74, 6) is 0.776. The van der Waals surface area contributed by atoms with Crippen LogP contribution in [0, 0.1) is 13.8 Å². The van der Waals surface area contributed by atoms with E-state index in [9.17, 15) is 4.79 Å². The van der Waals surface area contributed by atoms with Crippen LogP contribution in [0.25, 0.3) is 0 Å². The molecule has 1 N–H and O–H groups in total. The van der Waals surface area contributed by atoms with Crippen LogP contribution in [-0.2, 0) is 9.53 Å². The predicted molar refractivity (Wildman–Crippen MR) is 85.8 cm³/mol.